The van der Waals surface area contributed by atoms with Gasteiger partial charge in [-0.25, -0.2) is 4.39 Å². The van der Waals surface area contributed by atoms with Gasteiger partial charge in [0.2, 0.25) is 0 Å². The van der Waals surface area contributed by atoms with Crippen LogP contribution < -0.4 is 10.1 Å². The Bertz CT molecular complexity index is 411. The molecule has 1 heterocycles. The van der Waals surface area contributed by atoms with Gasteiger partial charge in [0.25, 0.3) is 0 Å². The SMILES string of the molecule is CCCNCCN(C)CC1Cc2cc(F)ccc2O1. The first kappa shape index (κ1) is 14.3. The van der Waals surface area contributed by atoms with E-state index in [4.69, 9.17) is 4.74 Å². The number of likely N-dealkylation sites (N-methyl/N-ethyl adjacent to an activating group) is 1. The molecule has 0 fully saturated rings. The Labute approximate surface area is 114 Å². The number of hydrogen-bond donors (Lipinski definition) is 1. The number of nitrogens with one attached hydrogen (secondary N) is 1. The molecule has 3 nitrogen and oxygen atoms in total. The van der Waals surface area contributed by atoms with E-state index in [-0.39, 0.29) is 11.9 Å². The van der Waals surface area contributed by atoms with Gasteiger partial charge in [0.15, 0.2) is 0 Å². The lowest BCUT2D eigenvalue weighted by Gasteiger charge is -2.20. The van der Waals surface area contributed by atoms with E-state index in [2.05, 4.69) is 24.2 Å². The van der Waals surface area contributed by atoms with Gasteiger partial charge in [-0.3, -0.25) is 0 Å². The molecule has 0 bridgehead atoms. The van der Waals surface area contributed by atoms with Crippen LogP contribution in [-0.4, -0.2) is 44.2 Å². The second kappa shape index (κ2) is 6.87. The Kier molecular flexibility index (Phi) is 5.16. The van der Waals surface area contributed by atoms with Crippen LogP contribution in [0.15, 0.2) is 18.2 Å². The predicted molar refractivity (Wildman–Crippen MR) is 75.2 cm³/mol. The summed E-state index contributed by atoms with van der Waals surface area (Å²) in [5.41, 5.74) is 0.988. The summed E-state index contributed by atoms with van der Waals surface area (Å²) in [7, 11) is 2.10. The summed E-state index contributed by atoms with van der Waals surface area (Å²) in [6.45, 7) is 6.12. The first-order chi connectivity index (χ1) is 9.19. The molecule has 1 aromatic rings. The van der Waals surface area contributed by atoms with E-state index in [0.717, 1.165) is 50.3 Å². The van der Waals surface area contributed by atoms with Gasteiger partial charge in [-0.1, -0.05) is 6.92 Å². The fourth-order valence-corrected chi connectivity index (χ4v) is 2.40. The van der Waals surface area contributed by atoms with Crippen LogP contribution in [0.5, 0.6) is 5.75 Å². The van der Waals surface area contributed by atoms with Crippen molar-refractivity contribution in [1.29, 1.82) is 0 Å². The quantitative estimate of drug-likeness (QED) is 0.765. The molecule has 0 radical (unpaired) electrons. The van der Waals surface area contributed by atoms with Crippen LogP contribution in [0.3, 0.4) is 0 Å². The van der Waals surface area contributed by atoms with Crippen molar-refractivity contribution in [2.24, 2.45) is 0 Å². The summed E-state index contributed by atoms with van der Waals surface area (Å²) >= 11 is 0. The number of fused-ring (bicyclic) bond motifs is 1. The zero-order valence-electron chi connectivity index (χ0n) is 11.8. The molecule has 0 aliphatic carbocycles. The van der Waals surface area contributed by atoms with E-state index in [1.807, 2.05) is 0 Å². The average molecular weight is 266 g/mol. The molecular weight excluding hydrogens is 243 g/mol. The largest absolute Gasteiger partial charge is 0.488 e. The number of hydrogen-bond acceptors (Lipinski definition) is 3. The van der Waals surface area contributed by atoms with Crippen LogP contribution >= 0.6 is 0 Å². The van der Waals surface area contributed by atoms with Gasteiger partial charge in [-0.15, -0.1) is 0 Å². The molecule has 1 atom stereocenters. The summed E-state index contributed by atoms with van der Waals surface area (Å²) in [5.74, 6) is 0.657. The maximum atomic E-state index is 13.1. The molecule has 1 aromatic carbocycles. The smallest absolute Gasteiger partial charge is 0.123 e. The molecule has 0 amide bonds. The molecule has 4 heteroatoms. The van der Waals surface area contributed by atoms with E-state index in [9.17, 15) is 4.39 Å². The van der Waals surface area contributed by atoms with Crippen LogP contribution in [0.2, 0.25) is 0 Å². The van der Waals surface area contributed by atoms with Gasteiger partial charge < -0.3 is 15.0 Å². The second-order valence-electron chi connectivity index (χ2n) is 5.21. The van der Waals surface area contributed by atoms with Gasteiger partial charge in [0.05, 0.1) is 0 Å². The number of rotatable bonds is 7. The Morgan fingerprint density at radius 2 is 2.26 bits per heavy atom. The van der Waals surface area contributed by atoms with Crippen molar-refractivity contribution in [3.05, 3.63) is 29.6 Å². The molecule has 1 aliphatic heterocycles. The van der Waals surface area contributed by atoms with E-state index in [0.29, 0.717) is 0 Å². The third kappa shape index (κ3) is 4.18. The normalized spacial score (nSPS) is 17.6. The van der Waals surface area contributed by atoms with Crippen molar-refractivity contribution in [2.45, 2.75) is 25.9 Å². The molecule has 1 unspecified atom stereocenters. The minimum Gasteiger partial charge on any atom is -0.488 e. The Balaban J connectivity index is 1.74. The van der Waals surface area contributed by atoms with Crippen molar-refractivity contribution in [3.8, 4) is 5.75 Å². The van der Waals surface area contributed by atoms with E-state index in [1.54, 1.807) is 12.1 Å². The number of nitrogens with zero attached hydrogens (tertiary/aromatic N) is 1. The van der Waals surface area contributed by atoms with Gasteiger partial charge in [-0.2, -0.15) is 0 Å². The summed E-state index contributed by atoms with van der Waals surface area (Å²) < 4.78 is 18.9. The Morgan fingerprint density at radius 1 is 1.42 bits per heavy atom. The molecule has 19 heavy (non-hydrogen) atoms. The van der Waals surface area contributed by atoms with E-state index < -0.39 is 0 Å². The molecule has 0 saturated carbocycles. The molecule has 1 N–H and O–H groups in total. The highest BCUT2D eigenvalue weighted by Gasteiger charge is 2.24. The van der Waals surface area contributed by atoms with Crippen LogP contribution in [0.25, 0.3) is 0 Å². The summed E-state index contributed by atoms with van der Waals surface area (Å²) in [6, 6.07) is 4.77. The maximum absolute atomic E-state index is 13.1. The monoisotopic (exact) mass is 266 g/mol. The third-order valence-corrected chi connectivity index (χ3v) is 3.38. The Morgan fingerprint density at radius 3 is 3.05 bits per heavy atom. The first-order valence-electron chi connectivity index (χ1n) is 7.03. The summed E-state index contributed by atoms with van der Waals surface area (Å²) in [5, 5.41) is 3.38. The lowest BCUT2D eigenvalue weighted by atomic mass is 10.1. The van der Waals surface area contributed by atoms with Crippen LogP contribution in [0.1, 0.15) is 18.9 Å². The van der Waals surface area contributed by atoms with Gasteiger partial charge in [0.1, 0.15) is 17.7 Å². The maximum Gasteiger partial charge on any atom is 0.123 e. The van der Waals surface area contributed by atoms with Crippen LogP contribution in [0.4, 0.5) is 4.39 Å². The summed E-state index contributed by atoms with van der Waals surface area (Å²) in [4.78, 5) is 2.26. The van der Waals surface area contributed by atoms with Crippen molar-refractivity contribution in [2.75, 3.05) is 33.2 Å². The molecule has 0 saturated heterocycles. The fourth-order valence-electron chi connectivity index (χ4n) is 2.40. The average Bonchev–Trinajstić information content (AvgIpc) is 2.76. The zero-order chi connectivity index (χ0) is 13.7. The highest BCUT2D eigenvalue weighted by Crippen LogP contribution is 2.29. The van der Waals surface area contributed by atoms with Gasteiger partial charge in [0, 0.05) is 31.6 Å². The number of benzene rings is 1. The molecule has 0 spiro atoms. The minimum atomic E-state index is -0.180. The predicted octanol–water partition coefficient (Wildman–Crippen LogP) is 2.06. The zero-order valence-corrected chi connectivity index (χ0v) is 11.8. The number of ether oxygens (including phenoxy) is 1. The third-order valence-electron chi connectivity index (χ3n) is 3.38. The van der Waals surface area contributed by atoms with Gasteiger partial charge in [-0.05, 0) is 38.2 Å². The highest BCUT2D eigenvalue weighted by atomic mass is 19.1. The fraction of sp³-hybridized carbons (Fsp3) is 0.600. The van der Waals surface area contributed by atoms with Gasteiger partial charge >= 0.3 is 0 Å². The standard InChI is InChI=1S/C15H23FN2O/c1-3-6-17-7-8-18(2)11-14-10-12-9-13(16)4-5-15(12)19-14/h4-5,9,14,17H,3,6-8,10-11H2,1-2H3. The number of halogens is 1. The Hall–Kier alpha value is -1.13. The molecule has 106 valence electrons. The second-order valence-corrected chi connectivity index (χ2v) is 5.21. The van der Waals surface area contributed by atoms with Crippen molar-refractivity contribution in [3.63, 3.8) is 0 Å². The minimum absolute atomic E-state index is 0.146. The van der Waals surface area contributed by atoms with E-state index >= 15 is 0 Å². The van der Waals surface area contributed by atoms with Crippen molar-refractivity contribution < 1.29 is 9.13 Å². The first-order valence-corrected chi connectivity index (χ1v) is 7.03. The van der Waals surface area contributed by atoms with Crippen molar-refractivity contribution in [1.82, 2.24) is 10.2 Å². The lowest BCUT2D eigenvalue weighted by Crippen LogP contribution is -2.36. The topological polar surface area (TPSA) is 24.5 Å². The van der Waals surface area contributed by atoms with Crippen LogP contribution in [0, 0.1) is 5.82 Å². The van der Waals surface area contributed by atoms with E-state index in [1.165, 1.54) is 6.07 Å². The molecular formula is C15H23FN2O. The molecule has 2 rings (SSSR count). The highest BCUT2D eigenvalue weighted by molar-refractivity contribution is 5.37. The lowest BCUT2D eigenvalue weighted by molar-refractivity contribution is 0.169. The van der Waals surface area contributed by atoms with Crippen molar-refractivity contribution >= 4 is 0 Å². The molecule has 0 aromatic heterocycles. The summed E-state index contributed by atoms with van der Waals surface area (Å²) in [6.07, 6.45) is 2.11. The van der Waals surface area contributed by atoms with Crippen LogP contribution in [-0.2, 0) is 6.42 Å². The molecule has 1 aliphatic rings.